The molecule has 1 unspecified atom stereocenters. The molecule has 2 heterocycles. The minimum atomic E-state index is -4.27. The molecule has 2 aliphatic heterocycles. The number of hydrogen-bond acceptors (Lipinski definition) is 3. The molecule has 0 spiro atoms. The Morgan fingerprint density at radius 1 is 1.15 bits per heavy atom. The molecule has 1 aromatic carbocycles. The number of quaternary nitrogens is 1. The first-order chi connectivity index (χ1) is 12.8. The van der Waals surface area contributed by atoms with E-state index >= 15 is 0 Å². The highest BCUT2D eigenvalue weighted by Crippen LogP contribution is 2.23. The summed E-state index contributed by atoms with van der Waals surface area (Å²) in [5, 5.41) is 0. The normalized spacial score (nSPS) is 24.8. The van der Waals surface area contributed by atoms with E-state index in [2.05, 4.69) is 6.92 Å². The van der Waals surface area contributed by atoms with Gasteiger partial charge in [0.05, 0.1) is 12.6 Å². The number of hydrogen-bond donors (Lipinski definition) is 1. The molecule has 0 aromatic heterocycles. The number of nitrogens with one attached hydrogen (secondary N) is 1. The van der Waals surface area contributed by atoms with E-state index in [1.165, 1.54) is 11.3 Å². The number of sulfonamides is 1. The zero-order chi connectivity index (χ0) is 19.6. The lowest BCUT2D eigenvalue weighted by atomic mass is 10.0. The van der Waals surface area contributed by atoms with Gasteiger partial charge in [-0.15, -0.1) is 0 Å². The van der Waals surface area contributed by atoms with Crippen LogP contribution in [0, 0.1) is 11.6 Å². The molecule has 2 atom stereocenters. The summed E-state index contributed by atoms with van der Waals surface area (Å²) >= 11 is 0. The fraction of sp³-hybridized carbons (Fsp3) is 0.611. The van der Waals surface area contributed by atoms with E-state index in [0.29, 0.717) is 12.6 Å². The number of nitrogens with zero attached hydrogens (tertiary/aromatic N) is 2. The van der Waals surface area contributed by atoms with Crippen molar-refractivity contribution in [1.29, 1.82) is 0 Å². The zero-order valence-corrected chi connectivity index (χ0v) is 16.3. The zero-order valence-electron chi connectivity index (χ0n) is 15.5. The van der Waals surface area contributed by atoms with E-state index in [1.54, 1.807) is 4.90 Å². The molecule has 0 radical (unpaired) electrons. The van der Waals surface area contributed by atoms with Crippen LogP contribution in [0.2, 0.25) is 0 Å². The predicted octanol–water partition coefficient (Wildman–Crippen LogP) is 0.255. The third-order valence-corrected chi connectivity index (χ3v) is 7.52. The molecule has 9 heteroatoms. The van der Waals surface area contributed by atoms with Crippen molar-refractivity contribution in [2.75, 3.05) is 39.3 Å². The van der Waals surface area contributed by atoms with Gasteiger partial charge < -0.3 is 9.80 Å². The maximum Gasteiger partial charge on any atom is 0.277 e. The summed E-state index contributed by atoms with van der Waals surface area (Å²) in [6.07, 6.45) is 3.43. The summed E-state index contributed by atoms with van der Waals surface area (Å²) in [7, 11) is -4.27. The van der Waals surface area contributed by atoms with E-state index in [-0.39, 0.29) is 32.1 Å². The second-order valence-corrected chi connectivity index (χ2v) is 9.19. The van der Waals surface area contributed by atoms with E-state index in [9.17, 15) is 22.0 Å². The van der Waals surface area contributed by atoms with Crippen LogP contribution in [0.4, 0.5) is 8.78 Å². The van der Waals surface area contributed by atoms with Crippen molar-refractivity contribution in [3.05, 3.63) is 29.8 Å². The summed E-state index contributed by atoms with van der Waals surface area (Å²) in [4.78, 5) is 14.6. The molecule has 2 fully saturated rings. The number of carbonyl (C=O) groups is 1. The van der Waals surface area contributed by atoms with Gasteiger partial charge in [0.25, 0.3) is 5.91 Å². The van der Waals surface area contributed by atoms with Crippen LogP contribution in [0.5, 0.6) is 0 Å². The van der Waals surface area contributed by atoms with Crippen molar-refractivity contribution in [2.24, 2.45) is 0 Å². The summed E-state index contributed by atoms with van der Waals surface area (Å²) in [6.45, 7) is 4.07. The average Bonchev–Trinajstić information content (AvgIpc) is 2.63. The first kappa shape index (κ1) is 20.2. The molecule has 27 heavy (non-hydrogen) atoms. The van der Waals surface area contributed by atoms with Crippen LogP contribution in [0.1, 0.15) is 26.2 Å². The van der Waals surface area contributed by atoms with Crippen LogP contribution in [-0.4, -0.2) is 68.8 Å². The molecule has 2 saturated heterocycles. The Morgan fingerprint density at radius 3 is 2.37 bits per heavy atom. The number of amides is 1. The highest BCUT2D eigenvalue weighted by Gasteiger charge is 2.35. The number of rotatable bonds is 4. The summed E-state index contributed by atoms with van der Waals surface area (Å²) in [5.74, 6) is -2.19. The van der Waals surface area contributed by atoms with Crippen LogP contribution in [0.3, 0.4) is 0 Å². The Kier molecular flexibility index (Phi) is 6.12. The van der Waals surface area contributed by atoms with E-state index in [0.717, 1.165) is 41.9 Å². The van der Waals surface area contributed by atoms with Gasteiger partial charge in [-0.1, -0.05) is 6.07 Å². The van der Waals surface area contributed by atoms with Crippen LogP contribution in [0.15, 0.2) is 23.1 Å². The lowest BCUT2D eigenvalue weighted by Crippen LogP contribution is -3.17. The Bertz CT molecular complexity index is 775. The Labute approximate surface area is 158 Å². The second-order valence-electron chi connectivity index (χ2n) is 7.32. The number of piperazine rings is 1. The van der Waals surface area contributed by atoms with Gasteiger partial charge >= 0.3 is 0 Å². The van der Waals surface area contributed by atoms with Gasteiger partial charge in [-0.2, -0.15) is 4.31 Å². The largest absolute Gasteiger partial charge is 0.335 e. The Balaban J connectivity index is 1.62. The Morgan fingerprint density at radius 2 is 1.78 bits per heavy atom. The van der Waals surface area contributed by atoms with Crippen molar-refractivity contribution in [1.82, 2.24) is 9.21 Å². The molecule has 1 N–H and O–H groups in total. The van der Waals surface area contributed by atoms with Gasteiger partial charge in [-0.05, 0) is 38.3 Å². The second kappa shape index (κ2) is 8.20. The molecule has 1 aromatic rings. The molecule has 3 rings (SSSR count). The highest BCUT2D eigenvalue weighted by molar-refractivity contribution is 7.89. The van der Waals surface area contributed by atoms with E-state index < -0.39 is 26.6 Å². The average molecular weight is 402 g/mol. The molecular weight excluding hydrogens is 376 g/mol. The monoisotopic (exact) mass is 402 g/mol. The predicted molar refractivity (Wildman–Crippen MR) is 95.7 cm³/mol. The fourth-order valence-corrected chi connectivity index (χ4v) is 5.39. The topological polar surface area (TPSA) is 62.1 Å². The van der Waals surface area contributed by atoms with Crippen molar-refractivity contribution in [3.8, 4) is 0 Å². The van der Waals surface area contributed by atoms with Gasteiger partial charge in [-0.3, -0.25) is 4.79 Å². The molecule has 0 saturated carbocycles. The van der Waals surface area contributed by atoms with Crippen LogP contribution in [-0.2, 0) is 14.8 Å². The number of benzene rings is 1. The van der Waals surface area contributed by atoms with Crippen LogP contribution >= 0.6 is 0 Å². The van der Waals surface area contributed by atoms with Gasteiger partial charge in [0, 0.05) is 26.2 Å². The van der Waals surface area contributed by atoms with Crippen molar-refractivity contribution < 1.29 is 26.9 Å². The molecule has 6 nitrogen and oxygen atoms in total. The molecule has 0 aliphatic carbocycles. The van der Waals surface area contributed by atoms with Gasteiger partial charge in [0.1, 0.15) is 11.6 Å². The summed E-state index contributed by atoms with van der Waals surface area (Å²) in [5.41, 5.74) is 0. The smallest absolute Gasteiger partial charge is 0.277 e. The van der Waals surface area contributed by atoms with Crippen molar-refractivity contribution >= 4 is 15.9 Å². The molecule has 0 bridgehead atoms. The number of piperidine rings is 1. The third kappa shape index (κ3) is 4.30. The number of likely N-dealkylation sites (tertiary alicyclic amines) is 1. The maximum absolute atomic E-state index is 13.9. The quantitative estimate of drug-likeness (QED) is 0.786. The minimum absolute atomic E-state index is 0.00729. The first-order valence-corrected chi connectivity index (χ1v) is 10.8. The highest BCUT2D eigenvalue weighted by atomic mass is 32.2. The van der Waals surface area contributed by atoms with Crippen molar-refractivity contribution in [3.63, 3.8) is 0 Å². The Hall–Kier alpha value is -1.58. The van der Waals surface area contributed by atoms with Crippen molar-refractivity contribution in [2.45, 2.75) is 37.1 Å². The van der Waals surface area contributed by atoms with Crippen LogP contribution < -0.4 is 4.90 Å². The maximum atomic E-state index is 13.9. The molecular formula is C18H26F2N3O3S+. The molecule has 150 valence electrons. The van der Waals surface area contributed by atoms with Gasteiger partial charge in [-0.25, -0.2) is 17.2 Å². The standard InChI is InChI=1S/C18H25F2N3O3S/c1-14-5-2-3-8-22(14)13-17(24)21-9-11-23(12-10-21)27(25,26)18-15(19)6-4-7-16(18)20/h4,6-7,14H,2-3,5,8-13H2,1H3/p+1/t14-/m0/s1. The summed E-state index contributed by atoms with van der Waals surface area (Å²) < 4.78 is 54.0. The lowest BCUT2D eigenvalue weighted by Gasteiger charge is -2.36. The molecule has 2 aliphatic rings. The third-order valence-electron chi connectivity index (χ3n) is 5.57. The number of carbonyl (C=O) groups excluding carboxylic acids is 1. The SMILES string of the molecule is C[C@H]1CCCC[NH+]1CC(=O)N1CCN(S(=O)(=O)c2c(F)cccc2F)CC1. The lowest BCUT2D eigenvalue weighted by molar-refractivity contribution is -0.921. The molecule has 1 amide bonds. The first-order valence-electron chi connectivity index (χ1n) is 9.37. The van der Waals surface area contributed by atoms with E-state index in [4.69, 9.17) is 0 Å². The number of halogens is 2. The van der Waals surface area contributed by atoms with Gasteiger partial charge in [0.2, 0.25) is 10.0 Å². The van der Waals surface area contributed by atoms with E-state index in [1.807, 2.05) is 0 Å². The summed E-state index contributed by atoms with van der Waals surface area (Å²) in [6, 6.07) is 3.44. The minimum Gasteiger partial charge on any atom is -0.335 e. The van der Waals surface area contributed by atoms with Crippen LogP contribution in [0.25, 0.3) is 0 Å². The fourth-order valence-electron chi connectivity index (χ4n) is 3.86. The van der Waals surface area contributed by atoms with Gasteiger partial charge in [0.15, 0.2) is 11.4 Å².